The second-order valence-corrected chi connectivity index (χ2v) is 9.01. The minimum atomic E-state index is -0.889. The minimum Gasteiger partial charge on any atom is -0.382 e. The summed E-state index contributed by atoms with van der Waals surface area (Å²) < 4.78 is 13.0. The van der Waals surface area contributed by atoms with Crippen LogP contribution in [0, 0.1) is 38.0 Å². The van der Waals surface area contributed by atoms with Crippen molar-refractivity contribution in [1.82, 2.24) is 0 Å². The molecular weight excluding hydrogens is 403 g/mol. The maximum atomic E-state index is 13.3. The molecule has 1 rings (SSSR count). The third-order valence-corrected chi connectivity index (χ3v) is 4.64. The minimum absolute atomic E-state index is 0.113. The zero-order valence-corrected chi connectivity index (χ0v) is 20.8. The molecular formula is C23H38O6P+. The van der Waals surface area contributed by atoms with Crippen LogP contribution in [0.15, 0.2) is 12.1 Å². The highest BCUT2D eigenvalue weighted by atomic mass is 31.0. The molecule has 0 aliphatic rings. The first-order chi connectivity index (χ1) is 14.0. The van der Waals surface area contributed by atoms with Crippen LogP contribution in [0.2, 0.25) is 0 Å². The van der Waals surface area contributed by atoms with Gasteiger partial charge in [0.15, 0.2) is 5.78 Å². The lowest BCUT2D eigenvalue weighted by atomic mass is 9.79. The molecule has 0 aromatic heterocycles. The van der Waals surface area contributed by atoms with Crippen LogP contribution < -0.4 is 0 Å². The number of aryl methyl sites for hydroxylation is 3. The van der Waals surface area contributed by atoms with Gasteiger partial charge in [0, 0.05) is 12.7 Å². The van der Waals surface area contributed by atoms with Crippen LogP contribution in [0.1, 0.15) is 67.6 Å². The van der Waals surface area contributed by atoms with E-state index in [4.69, 9.17) is 19.1 Å². The van der Waals surface area contributed by atoms with Crippen molar-refractivity contribution in [3.8, 4) is 0 Å². The van der Waals surface area contributed by atoms with Gasteiger partial charge in [-0.1, -0.05) is 50.0 Å². The molecule has 0 aliphatic heterocycles. The Bertz CT molecular complexity index is 672. The highest BCUT2D eigenvalue weighted by molar-refractivity contribution is 7.00. The Labute approximate surface area is 183 Å². The molecule has 0 bridgehead atoms. The lowest BCUT2D eigenvalue weighted by Gasteiger charge is -2.26. The first-order valence-corrected chi connectivity index (χ1v) is 10.6. The Morgan fingerprint density at radius 1 is 1.03 bits per heavy atom. The average molecular weight is 442 g/mol. The molecule has 0 N–H and O–H groups in total. The van der Waals surface area contributed by atoms with Gasteiger partial charge in [-0.05, 0) is 56.1 Å². The molecule has 0 saturated heterocycles. The molecule has 0 aliphatic carbocycles. The number of ketones is 1. The van der Waals surface area contributed by atoms with Crippen LogP contribution >= 0.6 is 9.12 Å². The standard InChI is InChI=1S/C23H36O5.H2OP/c1-15-11-17(3)20(18(4)12-15)21(24)19(13-16(2)14-23(5,6)7)22(25)28-27-10-9-26-8;1-2/h11-12,16,19H,9-10,13-14H2,1-8H3;2H2/q;+1. The Morgan fingerprint density at radius 2 is 1.57 bits per heavy atom. The van der Waals surface area contributed by atoms with Gasteiger partial charge in [-0.3, -0.25) is 9.68 Å². The van der Waals surface area contributed by atoms with Gasteiger partial charge in [0.1, 0.15) is 12.5 Å². The van der Waals surface area contributed by atoms with E-state index in [1.807, 2.05) is 32.9 Å². The van der Waals surface area contributed by atoms with Gasteiger partial charge in [0.2, 0.25) is 0 Å². The van der Waals surface area contributed by atoms with E-state index < -0.39 is 11.9 Å². The van der Waals surface area contributed by atoms with Crippen molar-refractivity contribution in [1.29, 1.82) is 0 Å². The molecule has 0 heterocycles. The number of benzene rings is 1. The van der Waals surface area contributed by atoms with E-state index in [0.29, 0.717) is 18.6 Å². The van der Waals surface area contributed by atoms with E-state index in [1.54, 1.807) is 0 Å². The summed E-state index contributed by atoms with van der Waals surface area (Å²) in [6, 6.07) is 3.94. The van der Waals surface area contributed by atoms with E-state index >= 15 is 0 Å². The summed E-state index contributed by atoms with van der Waals surface area (Å²) in [4.78, 5) is 35.9. The number of hydrogen-bond acceptors (Lipinski definition) is 6. The topological polar surface area (TPSA) is 78.9 Å². The summed E-state index contributed by atoms with van der Waals surface area (Å²) in [6.07, 6.45) is 1.33. The first-order valence-electron chi connectivity index (χ1n) is 10.1. The summed E-state index contributed by atoms with van der Waals surface area (Å²) in [6.45, 7) is 14.8. The number of rotatable bonds is 10. The monoisotopic (exact) mass is 441 g/mol. The molecule has 0 fully saturated rings. The molecule has 170 valence electrons. The van der Waals surface area contributed by atoms with Crippen molar-refractivity contribution in [2.75, 3.05) is 20.3 Å². The van der Waals surface area contributed by atoms with E-state index in [9.17, 15) is 9.59 Å². The van der Waals surface area contributed by atoms with Crippen molar-refractivity contribution >= 4 is 20.9 Å². The second kappa shape index (κ2) is 13.6. The zero-order chi connectivity index (χ0) is 23.5. The number of ether oxygens (including phenoxy) is 1. The molecule has 30 heavy (non-hydrogen) atoms. The van der Waals surface area contributed by atoms with Crippen LogP contribution in [-0.4, -0.2) is 32.1 Å². The molecule has 7 heteroatoms. The number of carbonyl (C=O) groups excluding carboxylic acids is 2. The molecule has 0 amide bonds. The first kappa shape index (κ1) is 28.4. The predicted molar refractivity (Wildman–Crippen MR) is 121 cm³/mol. The van der Waals surface area contributed by atoms with E-state index in [2.05, 4.69) is 27.7 Å². The Balaban J connectivity index is 0.00000407. The number of hydrogen-bond donors (Lipinski definition) is 0. The quantitative estimate of drug-likeness (QED) is 0.124. The Morgan fingerprint density at radius 3 is 2.03 bits per heavy atom. The lowest BCUT2D eigenvalue weighted by molar-refractivity contribution is -0.278. The molecule has 6 nitrogen and oxygen atoms in total. The van der Waals surface area contributed by atoms with Gasteiger partial charge in [-0.25, -0.2) is 4.79 Å². The average Bonchev–Trinajstić information content (AvgIpc) is 2.62. The lowest BCUT2D eigenvalue weighted by Crippen LogP contribution is -2.30. The number of carbonyl (C=O) groups is 2. The smallest absolute Gasteiger partial charge is 0.353 e. The summed E-state index contributed by atoms with van der Waals surface area (Å²) >= 11 is 0. The van der Waals surface area contributed by atoms with Gasteiger partial charge in [0.25, 0.3) is 0 Å². The fourth-order valence-corrected chi connectivity index (χ4v) is 3.86. The van der Waals surface area contributed by atoms with Crippen molar-refractivity contribution in [2.24, 2.45) is 17.3 Å². The van der Waals surface area contributed by atoms with Crippen LogP contribution in [0.25, 0.3) is 0 Å². The summed E-state index contributed by atoms with van der Waals surface area (Å²) in [7, 11) is 2.70. The number of methoxy groups -OCH3 is 1. The van der Waals surface area contributed by atoms with Crippen molar-refractivity contribution in [3.05, 3.63) is 34.4 Å². The molecule has 0 spiro atoms. The molecule has 0 saturated carbocycles. The van der Waals surface area contributed by atoms with Gasteiger partial charge in [-0.2, -0.15) is 4.89 Å². The van der Waals surface area contributed by atoms with Crippen molar-refractivity contribution < 1.29 is 28.7 Å². The van der Waals surface area contributed by atoms with Crippen LogP contribution in [0.4, 0.5) is 0 Å². The van der Waals surface area contributed by atoms with Gasteiger partial charge >= 0.3 is 15.1 Å². The van der Waals surface area contributed by atoms with Crippen LogP contribution in [0.5, 0.6) is 0 Å². The Kier molecular flexibility index (Phi) is 12.9. The summed E-state index contributed by atoms with van der Waals surface area (Å²) in [5, 5.41) is 0. The molecule has 1 aromatic rings. The normalized spacial score (nSPS) is 13.1. The zero-order valence-electron chi connectivity index (χ0n) is 19.7. The molecule has 3 atom stereocenters. The maximum absolute atomic E-state index is 13.3. The fourth-order valence-electron chi connectivity index (χ4n) is 3.86. The highest BCUT2D eigenvalue weighted by Gasteiger charge is 2.34. The number of Topliss-reactive ketones (excluding diaryl/α,β-unsaturated/α-hetero) is 1. The molecule has 1 aromatic carbocycles. The van der Waals surface area contributed by atoms with E-state index in [0.717, 1.165) is 23.1 Å². The second-order valence-electron chi connectivity index (χ2n) is 9.01. The fraction of sp³-hybridized carbons (Fsp3) is 0.652. The highest BCUT2D eigenvalue weighted by Crippen LogP contribution is 2.31. The SMILES string of the molecule is COCCOOC(=O)C(CC(C)CC(C)(C)C)C(=O)c1c(C)cc(C)cc1C.O=[PH2+]. The van der Waals surface area contributed by atoms with E-state index in [1.165, 1.54) is 16.2 Å². The van der Waals surface area contributed by atoms with Gasteiger partial charge in [0.05, 0.1) is 6.61 Å². The van der Waals surface area contributed by atoms with Crippen molar-refractivity contribution in [3.63, 3.8) is 0 Å². The summed E-state index contributed by atoms with van der Waals surface area (Å²) in [5.74, 6) is -1.54. The third-order valence-electron chi connectivity index (χ3n) is 4.64. The van der Waals surface area contributed by atoms with Crippen LogP contribution in [-0.2, 0) is 23.9 Å². The van der Waals surface area contributed by atoms with E-state index in [-0.39, 0.29) is 23.7 Å². The predicted octanol–water partition coefficient (Wildman–Crippen LogP) is 5.20. The Hall–Kier alpha value is -1.62. The molecule has 0 radical (unpaired) electrons. The van der Waals surface area contributed by atoms with Crippen LogP contribution in [0.3, 0.4) is 0 Å². The maximum Gasteiger partial charge on any atom is 0.353 e. The summed E-state index contributed by atoms with van der Waals surface area (Å²) in [5.41, 5.74) is 3.57. The van der Waals surface area contributed by atoms with Gasteiger partial charge in [-0.15, -0.1) is 0 Å². The third kappa shape index (κ3) is 9.92. The van der Waals surface area contributed by atoms with Gasteiger partial charge < -0.3 is 4.74 Å². The van der Waals surface area contributed by atoms with Crippen molar-refractivity contribution in [2.45, 2.75) is 61.3 Å². The molecule has 3 unspecified atom stereocenters. The largest absolute Gasteiger partial charge is 0.382 e.